The number of aliphatic imine (C=N–C) groups is 1. The number of halogens is 1. The number of nitrogens with one attached hydrogen (secondary N) is 1. The number of carbonyl (C=O) groups is 1. The molecule has 1 atom stereocenters. The molecule has 1 aliphatic heterocycles. The Kier molecular flexibility index (Phi) is 6.04. The molecule has 1 amide bonds. The lowest BCUT2D eigenvalue weighted by Crippen LogP contribution is -2.30. The molecule has 160 valence electrons. The fourth-order valence-electron chi connectivity index (χ4n) is 3.74. The molecule has 1 aliphatic rings. The van der Waals surface area contributed by atoms with Crippen molar-refractivity contribution in [2.75, 3.05) is 6.61 Å². The Bertz CT molecular complexity index is 1140. The van der Waals surface area contributed by atoms with Gasteiger partial charge in [-0.2, -0.15) is 0 Å². The summed E-state index contributed by atoms with van der Waals surface area (Å²) in [7, 11) is 0. The van der Waals surface area contributed by atoms with Crippen molar-refractivity contribution in [2.45, 2.75) is 39.8 Å². The van der Waals surface area contributed by atoms with Gasteiger partial charge in [-0.3, -0.25) is 14.9 Å². The highest BCUT2D eigenvalue weighted by Gasteiger charge is 2.29. The average Bonchev–Trinajstić information content (AvgIpc) is 3.07. The second kappa shape index (κ2) is 8.89. The number of hydrogen-bond donors (Lipinski definition) is 1. The van der Waals surface area contributed by atoms with Gasteiger partial charge in [-0.05, 0) is 50.1 Å². The molecule has 7 nitrogen and oxygen atoms in total. The van der Waals surface area contributed by atoms with Crippen molar-refractivity contribution in [1.82, 2.24) is 20.1 Å². The third-order valence-corrected chi connectivity index (χ3v) is 5.35. The van der Waals surface area contributed by atoms with E-state index in [0.717, 1.165) is 35.4 Å². The third kappa shape index (κ3) is 4.18. The van der Waals surface area contributed by atoms with Gasteiger partial charge in [0.15, 0.2) is 12.0 Å². The van der Waals surface area contributed by atoms with E-state index < -0.39 is 12.3 Å². The van der Waals surface area contributed by atoms with E-state index in [1.54, 1.807) is 6.92 Å². The van der Waals surface area contributed by atoms with Gasteiger partial charge in [0.25, 0.3) is 0 Å². The van der Waals surface area contributed by atoms with Gasteiger partial charge in [0.1, 0.15) is 5.82 Å². The number of aryl methyl sites for hydroxylation is 2. The highest BCUT2D eigenvalue weighted by atomic mass is 35.5. The first-order valence-electron chi connectivity index (χ1n) is 10.3. The maximum Gasteiger partial charge on any atom is 0.409 e. The number of hydrogen-bond acceptors (Lipinski definition) is 5. The van der Waals surface area contributed by atoms with Crippen LogP contribution >= 0.6 is 11.6 Å². The minimum Gasteiger partial charge on any atom is -0.450 e. The van der Waals surface area contributed by atoms with Gasteiger partial charge in [0.05, 0.1) is 18.0 Å². The van der Waals surface area contributed by atoms with E-state index in [2.05, 4.69) is 40.6 Å². The standard InChI is InChI=1S/C23H24ClN5O2/c1-4-6-15-7-12-19-18(13-15)20(16-8-10-17(24)11-9-16)25-21(26-23(30)31-5-2)22-28-27-14(3)29(19)22/h7-13,21H,4-6H2,1-3H3,(H,26,30). The molecule has 31 heavy (non-hydrogen) atoms. The number of fused-ring (bicyclic) bond motifs is 3. The first kappa shape index (κ1) is 21.1. The van der Waals surface area contributed by atoms with Crippen molar-refractivity contribution in [3.63, 3.8) is 0 Å². The lowest BCUT2D eigenvalue weighted by Gasteiger charge is -2.14. The van der Waals surface area contributed by atoms with E-state index >= 15 is 0 Å². The Morgan fingerprint density at radius 3 is 2.65 bits per heavy atom. The van der Waals surface area contributed by atoms with E-state index in [4.69, 9.17) is 21.3 Å². The predicted octanol–water partition coefficient (Wildman–Crippen LogP) is 4.78. The van der Waals surface area contributed by atoms with Crippen LogP contribution in [0.25, 0.3) is 5.69 Å². The van der Waals surface area contributed by atoms with Gasteiger partial charge in [-0.15, -0.1) is 10.2 Å². The van der Waals surface area contributed by atoms with Crippen LogP contribution in [0.5, 0.6) is 0 Å². The summed E-state index contributed by atoms with van der Waals surface area (Å²) in [5.41, 5.74) is 4.72. The Balaban J connectivity index is 1.94. The van der Waals surface area contributed by atoms with E-state index in [-0.39, 0.29) is 6.61 Å². The molecule has 0 fully saturated rings. The zero-order valence-electron chi connectivity index (χ0n) is 17.7. The Hall–Kier alpha value is -3.19. The minimum atomic E-state index is -0.757. The van der Waals surface area contributed by atoms with Gasteiger partial charge in [0.2, 0.25) is 0 Å². The Labute approximate surface area is 186 Å². The SMILES string of the molecule is CCCc1ccc2c(c1)C(c1ccc(Cl)cc1)=NC(NC(=O)OCC)c1nnc(C)n1-2. The second-order valence-corrected chi connectivity index (χ2v) is 7.73. The molecule has 0 radical (unpaired) electrons. The van der Waals surface area contributed by atoms with Gasteiger partial charge < -0.3 is 4.74 Å². The zero-order valence-corrected chi connectivity index (χ0v) is 18.5. The zero-order chi connectivity index (χ0) is 22.0. The van der Waals surface area contributed by atoms with Crippen molar-refractivity contribution in [2.24, 2.45) is 4.99 Å². The molecule has 0 saturated carbocycles. The van der Waals surface area contributed by atoms with Crippen LogP contribution in [0, 0.1) is 6.92 Å². The van der Waals surface area contributed by atoms with Crippen molar-refractivity contribution in [3.8, 4) is 5.69 Å². The lowest BCUT2D eigenvalue weighted by atomic mass is 9.97. The Morgan fingerprint density at radius 1 is 1.16 bits per heavy atom. The summed E-state index contributed by atoms with van der Waals surface area (Å²) in [5, 5.41) is 12.0. The monoisotopic (exact) mass is 437 g/mol. The second-order valence-electron chi connectivity index (χ2n) is 7.29. The fourth-order valence-corrected chi connectivity index (χ4v) is 3.87. The molecule has 3 aromatic rings. The molecular formula is C23H24ClN5O2. The van der Waals surface area contributed by atoms with Crippen molar-refractivity contribution in [3.05, 3.63) is 75.8 Å². The number of benzene rings is 2. The van der Waals surface area contributed by atoms with Gasteiger partial charge in [-0.1, -0.05) is 43.1 Å². The minimum absolute atomic E-state index is 0.263. The summed E-state index contributed by atoms with van der Waals surface area (Å²) in [5.74, 6) is 1.24. The fraction of sp³-hybridized carbons (Fsp3) is 0.304. The van der Waals surface area contributed by atoms with Crippen LogP contribution < -0.4 is 5.32 Å². The van der Waals surface area contributed by atoms with Gasteiger partial charge in [-0.25, -0.2) is 4.79 Å². The molecule has 1 N–H and O–H groups in total. The number of amides is 1. The third-order valence-electron chi connectivity index (χ3n) is 5.10. The van der Waals surface area contributed by atoms with Gasteiger partial charge in [0, 0.05) is 16.1 Å². The van der Waals surface area contributed by atoms with Gasteiger partial charge >= 0.3 is 6.09 Å². The Morgan fingerprint density at radius 2 is 1.94 bits per heavy atom. The molecule has 2 heterocycles. The van der Waals surface area contributed by atoms with E-state index in [9.17, 15) is 4.79 Å². The quantitative estimate of drug-likeness (QED) is 0.622. The largest absolute Gasteiger partial charge is 0.450 e. The van der Waals surface area contributed by atoms with E-state index in [0.29, 0.717) is 16.7 Å². The predicted molar refractivity (Wildman–Crippen MR) is 120 cm³/mol. The smallest absolute Gasteiger partial charge is 0.409 e. The van der Waals surface area contributed by atoms with E-state index in [1.807, 2.05) is 35.8 Å². The summed E-state index contributed by atoms with van der Waals surface area (Å²) in [4.78, 5) is 17.2. The topological polar surface area (TPSA) is 81.4 Å². The molecule has 4 rings (SSSR count). The summed E-state index contributed by atoms with van der Waals surface area (Å²) in [6, 6.07) is 13.9. The van der Waals surface area contributed by atoms with Crippen LogP contribution in [0.4, 0.5) is 4.79 Å². The van der Waals surface area contributed by atoms with Crippen LogP contribution in [-0.2, 0) is 11.2 Å². The molecule has 2 aromatic carbocycles. The number of carbonyl (C=O) groups excluding carboxylic acids is 1. The number of rotatable bonds is 5. The maximum atomic E-state index is 12.3. The van der Waals surface area contributed by atoms with Crippen molar-refractivity contribution in [1.29, 1.82) is 0 Å². The number of aromatic nitrogens is 3. The van der Waals surface area contributed by atoms with Crippen molar-refractivity contribution < 1.29 is 9.53 Å². The van der Waals surface area contributed by atoms with Crippen LogP contribution in [0.15, 0.2) is 47.5 Å². The molecule has 0 bridgehead atoms. The molecular weight excluding hydrogens is 414 g/mol. The van der Waals surface area contributed by atoms with Crippen LogP contribution in [0.2, 0.25) is 5.02 Å². The summed E-state index contributed by atoms with van der Waals surface area (Å²) in [6.45, 7) is 6.06. The normalized spacial score (nSPS) is 14.8. The maximum absolute atomic E-state index is 12.3. The highest BCUT2D eigenvalue weighted by molar-refractivity contribution is 6.30. The number of nitrogens with zero attached hydrogens (tertiary/aromatic N) is 4. The summed E-state index contributed by atoms with van der Waals surface area (Å²) < 4.78 is 7.04. The summed E-state index contributed by atoms with van der Waals surface area (Å²) >= 11 is 6.12. The number of alkyl carbamates (subject to hydrolysis) is 1. The average molecular weight is 438 g/mol. The molecule has 8 heteroatoms. The van der Waals surface area contributed by atoms with Crippen LogP contribution in [-0.4, -0.2) is 33.2 Å². The van der Waals surface area contributed by atoms with Crippen LogP contribution in [0.1, 0.15) is 54.8 Å². The van der Waals surface area contributed by atoms with E-state index in [1.165, 1.54) is 5.56 Å². The molecule has 0 saturated heterocycles. The molecule has 0 spiro atoms. The molecule has 0 aliphatic carbocycles. The van der Waals surface area contributed by atoms with Crippen molar-refractivity contribution >= 4 is 23.4 Å². The lowest BCUT2D eigenvalue weighted by molar-refractivity contribution is 0.148. The summed E-state index contributed by atoms with van der Waals surface area (Å²) in [6.07, 6.45) is 0.681. The first-order valence-corrected chi connectivity index (χ1v) is 10.7. The number of ether oxygens (including phenoxy) is 1. The highest BCUT2D eigenvalue weighted by Crippen LogP contribution is 2.31. The molecule has 1 aromatic heterocycles. The molecule has 1 unspecified atom stereocenters. The first-order chi connectivity index (χ1) is 15.0. The van der Waals surface area contributed by atoms with Crippen LogP contribution in [0.3, 0.4) is 0 Å².